The summed E-state index contributed by atoms with van der Waals surface area (Å²) in [5.41, 5.74) is 4.86. The predicted octanol–water partition coefficient (Wildman–Crippen LogP) is 6.23. The number of nitrogens with zero attached hydrogens (tertiary/aromatic N) is 2. The van der Waals surface area contributed by atoms with Crippen LogP contribution in [0.1, 0.15) is 35.9 Å². The summed E-state index contributed by atoms with van der Waals surface area (Å²) in [4.78, 5) is 4.68. The van der Waals surface area contributed by atoms with Crippen molar-refractivity contribution in [2.75, 3.05) is 7.11 Å². The van der Waals surface area contributed by atoms with Crippen LogP contribution in [0.25, 0.3) is 22.9 Å². The summed E-state index contributed by atoms with van der Waals surface area (Å²) in [6.45, 7) is 2.21. The van der Waals surface area contributed by atoms with Gasteiger partial charge in [-0.05, 0) is 42.2 Å². The number of hydrogen-bond acceptors (Lipinski definition) is 4. The fourth-order valence-corrected chi connectivity index (χ4v) is 3.56. The molecule has 0 amide bonds. The van der Waals surface area contributed by atoms with Gasteiger partial charge in [0.1, 0.15) is 16.8 Å². The van der Waals surface area contributed by atoms with E-state index in [1.54, 1.807) is 7.11 Å². The number of thiazole rings is 1. The molecule has 27 heavy (non-hydrogen) atoms. The molecule has 0 N–H and O–H groups in total. The Kier molecular flexibility index (Phi) is 6.40. The lowest BCUT2D eigenvalue weighted by Gasteiger charge is -2.02. The van der Waals surface area contributed by atoms with E-state index in [2.05, 4.69) is 42.2 Å². The second-order valence-corrected chi connectivity index (χ2v) is 7.14. The Labute approximate surface area is 164 Å². The lowest BCUT2D eigenvalue weighted by Crippen LogP contribution is -1.86. The standard InChI is InChI=1S/C23H22N2OS/c1-3-4-5-17-6-10-19(11-7-17)22-16-27-23(25-22)20(15-24)14-18-8-12-21(26-2)13-9-18/h6-14,16H,3-5H2,1-2H3/b20-14-. The van der Waals surface area contributed by atoms with E-state index in [4.69, 9.17) is 4.74 Å². The minimum Gasteiger partial charge on any atom is -0.497 e. The number of nitriles is 1. The summed E-state index contributed by atoms with van der Waals surface area (Å²) in [7, 11) is 1.64. The molecule has 0 fully saturated rings. The molecule has 0 unspecified atom stereocenters. The SMILES string of the molecule is CCCCc1ccc(-c2csc(/C(C#N)=C\c3ccc(OC)cc3)n2)cc1. The van der Waals surface area contributed by atoms with E-state index in [1.165, 1.54) is 29.7 Å². The quantitative estimate of drug-likeness (QED) is 0.461. The van der Waals surface area contributed by atoms with Crippen molar-refractivity contribution < 1.29 is 4.74 Å². The first-order valence-corrected chi connectivity index (χ1v) is 9.92. The van der Waals surface area contributed by atoms with Crippen molar-refractivity contribution in [2.45, 2.75) is 26.2 Å². The van der Waals surface area contributed by atoms with Crippen LogP contribution in [-0.4, -0.2) is 12.1 Å². The lowest BCUT2D eigenvalue weighted by atomic mass is 10.1. The third-order valence-corrected chi connectivity index (χ3v) is 5.23. The third-order valence-electron chi connectivity index (χ3n) is 4.35. The van der Waals surface area contributed by atoms with Gasteiger partial charge in [0.2, 0.25) is 0 Å². The van der Waals surface area contributed by atoms with E-state index in [0.717, 1.165) is 34.0 Å². The van der Waals surface area contributed by atoms with Gasteiger partial charge < -0.3 is 4.74 Å². The average molecular weight is 375 g/mol. The van der Waals surface area contributed by atoms with Crippen LogP contribution in [-0.2, 0) is 6.42 Å². The number of allylic oxidation sites excluding steroid dienone is 1. The van der Waals surface area contributed by atoms with Gasteiger partial charge in [0.05, 0.1) is 18.4 Å². The summed E-state index contributed by atoms with van der Waals surface area (Å²) in [6, 6.07) is 18.5. The molecule has 0 aliphatic carbocycles. The minimum atomic E-state index is 0.566. The molecular formula is C23H22N2OS. The van der Waals surface area contributed by atoms with Crippen LogP contribution in [0.5, 0.6) is 5.75 Å². The number of aromatic nitrogens is 1. The van der Waals surface area contributed by atoms with Gasteiger partial charge in [-0.3, -0.25) is 0 Å². The lowest BCUT2D eigenvalue weighted by molar-refractivity contribution is 0.415. The highest BCUT2D eigenvalue weighted by atomic mass is 32.1. The maximum atomic E-state index is 9.56. The Morgan fingerprint density at radius 3 is 2.52 bits per heavy atom. The van der Waals surface area contributed by atoms with E-state index < -0.39 is 0 Å². The summed E-state index contributed by atoms with van der Waals surface area (Å²) >= 11 is 1.50. The average Bonchev–Trinajstić information content (AvgIpc) is 3.21. The van der Waals surface area contributed by atoms with Crippen LogP contribution in [0, 0.1) is 11.3 Å². The van der Waals surface area contributed by atoms with Crippen LogP contribution >= 0.6 is 11.3 Å². The van der Waals surface area contributed by atoms with Gasteiger partial charge in [0, 0.05) is 10.9 Å². The number of unbranched alkanes of at least 4 members (excludes halogenated alkanes) is 1. The molecule has 0 aliphatic heterocycles. The molecule has 0 saturated carbocycles. The van der Waals surface area contributed by atoms with E-state index >= 15 is 0 Å². The van der Waals surface area contributed by atoms with Crippen LogP contribution in [0.3, 0.4) is 0 Å². The van der Waals surface area contributed by atoms with Crippen molar-refractivity contribution in [1.82, 2.24) is 4.98 Å². The summed E-state index contributed by atoms with van der Waals surface area (Å²) < 4.78 is 5.17. The fraction of sp³-hybridized carbons (Fsp3) is 0.217. The zero-order chi connectivity index (χ0) is 19.1. The van der Waals surface area contributed by atoms with E-state index in [9.17, 15) is 5.26 Å². The fourth-order valence-electron chi connectivity index (χ4n) is 2.76. The Morgan fingerprint density at radius 1 is 1.15 bits per heavy atom. The maximum Gasteiger partial charge on any atom is 0.134 e. The van der Waals surface area contributed by atoms with Gasteiger partial charge in [0.15, 0.2) is 0 Å². The Balaban J connectivity index is 1.80. The van der Waals surface area contributed by atoms with Crippen molar-refractivity contribution in [3.8, 4) is 23.1 Å². The highest BCUT2D eigenvalue weighted by Gasteiger charge is 2.09. The highest BCUT2D eigenvalue weighted by molar-refractivity contribution is 7.11. The number of aryl methyl sites for hydroxylation is 1. The molecule has 136 valence electrons. The smallest absolute Gasteiger partial charge is 0.134 e. The van der Waals surface area contributed by atoms with Gasteiger partial charge in [-0.15, -0.1) is 11.3 Å². The minimum absolute atomic E-state index is 0.566. The van der Waals surface area contributed by atoms with Gasteiger partial charge in [-0.1, -0.05) is 49.7 Å². The van der Waals surface area contributed by atoms with Crippen molar-refractivity contribution in [3.05, 3.63) is 70.0 Å². The molecule has 0 radical (unpaired) electrons. The number of rotatable bonds is 7. The molecule has 4 heteroatoms. The van der Waals surface area contributed by atoms with Gasteiger partial charge in [-0.2, -0.15) is 5.26 Å². The van der Waals surface area contributed by atoms with Crippen LogP contribution in [0.2, 0.25) is 0 Å². The van der Waals surface area contributed by atoms with E-state index in [1.807, 2.05) is 35.7 Å². The largest absolute Gasteiger partial charge is 0.497 e. The van der Waals surface area contributed by atoms with Crippen molar-refractivity contribution >= 4 is 23.0 Å². The molecule has 0 saturated heterocycles. The molecule has 3 nitrogen and oxygen atoms in total. The van der Waals surface area contributed by atoms with Gasteiger partial charge in [-0.25, -0.2) is 4.98 Å². The second-order valence-electron chi connectivity index (χ2n) is 6.28. The molecule has 0 aliphatic rings. The number of benzene rings is 2. The van der Waals surface area contributed by atoms with Crippen LogP contribution in [0.4, 0.5) is 0 Å². The van der Waals surface area contributed by atoms with E-state index in [-0.39, 0.29) is 0 Å². The monoisotopic (exact) mass is 374 g/mol. The first-order valence-electron chi connectivity index (χ1n) is 9.04. The molecule has 3 rings (SSSR count). The third kappa shape index (κ3) is 4.84. The molecule has 0 spiro atoms. The second kappa shape index (κ2) is 9.16. The molecule has 2 aromatic carbocycles. The number of ether oxygens (including phenoxy) is 1. The van der Waals surface area contributed by atoms with E-state index in [0.29, 0.717) is 5.57 Å². The number of methoxy groups -OCH3 is 1. The zero-order valence-corrected chi connectivity index (χ0v) is 16.4. The molecule has 0 bridgehead atoms. The zero-order valence-electron chi connectivity index (χ0n) is 15.6. The Bertz CT molecular complexity index is 947. The van der Waals surface area contributed by atoms with Crippen LogP contribution < -0.4 is 4.74 Å². The first kappa shape index (κ1) is 18.9. The summed E-state index contributed by atoms with van der Waals surface area (Å²) in [6.07, 6.45) is 5.38. The highest BCUT2D eigenvalue weighted by Crippen LogP contribution is 2.28. The van der Waals surface area contributed by atoms with Crippen molar-refractivity contribution in [1.29, 1.82) is 5.26 Å². The summed E-state index contributed by atoms with van der Waals surface area (Å²) in [5, 5.41) is 12.3. The predicted molar refractivity (Wildman–Crippen MR) is 113 cm³/mol. The van der Waals surface area contributed by atoms with Crippen LogP contribution in [0.15, 0.2) is 53.9 Å². The molecule has 3 aromatic rings. The Hall–Kier alpha value is -2.90. The molecule has 0 atom stereocenters. The number of hydrogen-bond donors (Lipinski definition) is 0. The normalized spacial score (nSPS) is 11.2. The maximum absolute atomic E-state index is 9.56. The van der Waals surface area contributed by atoms with Gasteiger partial charge in [0.25, 0.3) is 0 Å². The molecule has 1 aromatic heterocycles. The molecular weight excluding hydrogens is 352 g/mol. The Morgan fingerprint density at radius 2 is 1.89 bits per heavy atom. The van der Waals surface area contributed by atoms with Crippen molar-refractivity contribution in [3.63, 3.8) is 0 Å². The van der Waals surface area contributed by atoms with Crippen molar-refractivity contribution in [2.24, 2.45) is 0 Å². The molecule has 1 heterocycles. The summed E-state index contributed by atoms with van der Waals surface area (Å²) in [5.74, 6) is 0.796. The van der Waals surface area contributed by atoms with Gasteiger partial charge >= 0.3 is 0 Å². The first-order chi connectivity index (χ1) is 13.2. The topological polar surface area (TPSA) is 45.9 Å².